The van der Waals surface area contributed by atoms with Gasteiger partial charge in [0.1, 0.15) is 29.0 Å². The molecule has 2 aromatic heterocycles. The minimum Gasteiger partial charge on any atom is -0.497 e. The molecule has 4 aliphatic rings. The van der Waals surface area contributed by atoms with Crippen molar-refractivity contribution < 1.29 is 50.6 Å². The van der Waals surface area contributed by atoms with Crippen molar-refractivity contribution in [1.29, 1.82) is 0 Å². The first kappa shape index (κ1) is 42.1. The SMILES string of the molecule is COc1ccc2c(O[C@@H]3C[C@H]4C(=O)C[C@]5(C(=O)NS(=O)(=O)C6(CF)CC6)C[C@H]5/C=C\CC[C@@H](C)C[C@@H](C)[C@H](CC(=O)c5ccncc5F)C(=O)N4C3)ncc(OC)c2c1. The Bertz CT molecular complexity index is 2290. The van der Waals surface area contributed by atoms with Crippen molar-refractivity contribution in [1.82, 2.24) is 19.6 Å². The second-order valence-electron chi connectivity index (χ2n) is 16.8. The number of amides is 2. The zero-order chi connectivity index (χ0) is 42.3. The van der Waals surface area contributed by atoms with Crippen LogP contribution in [0.2, 0.25) is 0 Å². The number of aromatic nitrogens is 2. The summed E-state index contributed by atoms with van der Waals surface area (Å²) in [6.07, 6.45) is 8.27. The summed E-state index contributed by atoms with van der Waals surface area (Å²) in [6.45, 7) is 2.71. The van der Waals surface area contributed by atoms with E-state index in [4.69, 9.17) is 14.2 Å². The van der Waals surface area contributed by atoms with Gasteiger partial charge in [-0.05, 0) is 80.5 Å². The van der Waals surface area contributed by atoms with Gasteiger partial charge >= 0.3 is 0 Å². The highest BCUT2D eigenvalue weighted by molar-refractivity contribution is 7.91. The smallest absolute Gasteiger partial charge is 0.243 e. The van der Waals surface area contributed by atoms with Crippen LogP contribution in [0.25, 0.3) is 10.8 Å². The Labute approximate surface area is 342 Å². The van der Waals surface area contributed by atoms with Gasteiger partial charge in [0.25, 0.3) is 0 Å². The highest BCUT2D eigenvalue weighted by atomic mass is 32.2. The fraction of sp³-hybridized carbons (Fsp3) is 0.535. The van der Waals surface area contributed by atoms with E-state index in [0.717, 1.165) is 6.20 Å². The first-order chi connectivity index (χ1) is 28.2. The van der Waals surface area contributed by atoms with Crippen LogP contribution in [-0.4, -0.2) is 91.0 Å². The normalized spacial score (nSPS) is 28.7. The van der Waals surface area contributed by atoms with Gasteiger partial charge in [-0.15, -0.1) is 0 Å². The van der Waals surface area contributed by atoms with Crippen molar-refractivity contribution in [2.75, 3.05) is 27.4 Å². The Balaban J connectivity index is 1.25. The molecular formula is C43H50F2N4O9S. The molecule has 0 unspecified atom stereocenters. The second-order valence-corrected chi connectivity index (χ2v) is 18.9. The predicted molar refractivity (Wildman–Crippen MR) is 212 cm³/mol. The molecule has 2 aliphatic carbocycles. The molecule has 16 heteroatoms. The molecule has 7 rings (SSSR count). The number of sulfonamides is 1. The molecule has 7 atom stereocenters. The molecule has 2 aliphatic heterocycles. The van der Waals surface area contributed by atoms with Gasteiger partial charge in [-0.25, -0.2) is 22.2 Å². The van der Waals surface area contributed by atoms with E-state index in [0.29, 0.717) is 41.5 Å². The summed E-state index contributed by atoms with van der Waals surface area (Å²) >= 11 is 0. The Morgan fingerprint density at radius 3 is 2.53 bits per heavy atom. The number of rotatable bonds is 11. The van der Waals surface area contributed by atoms with Gasteiger partial charge in [-0.2, -0.15) is 0 Å². The van der Waals surface area contributed by atoms with Crippen molar-refractivity contribution in [2.24, 2.45) is 29.1 Å². The fourth-order valence-electron chi connectivity index (χ4n) is 8.86. The minimum absolute atomic E-state index is 0.00181. The summed E-state index contributed by atoms with van der Waals surface area (Å²) in [4.78, 5) is 67.1. The van der Waals surface area contributed by atoms with Crippen molar-refractivity contribution in [2.45, 2.75) is 88.5 Å². The lowest BCUT2D eigenvalue weighted by Gasteiger charge is -2.32. The summed E-state index contributed by atoms with van der Waals surface area (Å²) in [5.74, 6) is -3.67. The van der Waals surface area contributed by atoms with Crippen LogP contribution in [0.4, 0.5) is 8.78 Å². The van der Waals surface area contributed by atoms with E-state index in [-0.39, 0.29) is 61.9 Å². The number of Topliss-reactive ketones (excluding diaryl/α,β-unsaturated/α-hetero) is 2. The summed E-state index contributed by atoms with van der Waals surface area (Å²) in [6, 6.07) is 5.42. The lowest BCUT2D eigenvalue weighted by Crippen LogP contribution is -2.48. The van der Waals surface area contributed by atoms with Gasteiger partial charge in [0.05, 0.1) is 50.2 Å². The Kier molecular flexibility index (Phi) is 11.8. The number of hydrogen-bond donors (Lipinski definition) is 1. The molecule has 4 heterocycles. The number of pyridine rings is 2. The maximum Gasteiger partial charge on any atom is 0.243 e. The molecule has 1 N–H and O–H groups in total. The Morgan fingerprint density at radius 1 is 1.05 bits per heavy atom. The first-order valence-corrected chi connectivity index (χ1v) is 21.6. The number of allylic oxidation sites excluding steroid dienone is 2. The number of alkyl halides is 1. The quantitative estimate of drug-likeness (QED) is 0.179. The number of methoxy groups -OCH3 is 2. The third-order valence-corrected chi connectivity index (χ3v) is 14.9. The maximum absolute atomic E-state index is 15.0. The van der Waals surface area contributed by atoms with Crippen LogP contribution >= 0.6 is 0 Å². The number of carbonyl (C=O) groups excluding carboxylic acids is 4. The predicted octanol–water partition coefficient (Wildman–Crippen LogP) is 5.95. The molecule has 0 radical (unpaired) electrons. The molecule has 3 aromatic rings. The molecular weight excluding hydrogens is 787 g/mol. The number of benzene rings is 1. The zero-order valence-corrected chi connectivity index (χ0v) is 34.4. The maximum atomic E-state index is 15.0. The zero-order valence-electron chi connectivity index (χ0n) is 33.6. The van der Waals surface area contributed by atoms with Crippen molar-refractivity contribution in [3.8, 4) is 17.4 Å². The van der Waals surface area contributed by atoms with Crippen LogP contribution in [0.15, 0.2) is 55.0 Å². The number of ketones is 2. The van der Waals surface area contributed by atoms with Gasteiger partial charge < -0.3 is 19.1 Å². The topological polar surface area (TPSA) is 171 Å². The van der Waals surface area contributed by atoms with Gasteiger partial charge in [0.15, 0.2) is 17.4 Å². The first-order valence-electron chi connectivity index (χ1n) is 20.1. The highest BCUT2D eigenvalue weighted by Gasteiger charge is 2.63. The molecule has 0 bridgehead atoms. The van der Waals surface area contributed by atoms with E-state index in [1.807, 2.05) is 26.0 Å². The minimum atomic E-state index is -4.38. The Hall–Kier alpha value is -4.99. The third-order valence-electron chi connectivity index (χ3n) is 12.8. The van der Waals surface area contributed by atoms with Gasteiger partial charge in [0.2, 0.25) is 27.7 Å². The van der Waals surface area contributed by atoms with E-state index >= 15 is 0 Å². The number of nitrogens with zero attached hydrogens (tertiary/aromatic N) is 3. The third kappa shape index (κ3) is 8.29. The molecule has 1 aromatic carbocycles. The highest BCUT2D eigenvalue weighted by Crippen LogP contribution is 2.58. The summed E-state index contributed by atoms with van der Waals surface area (Å²) in [5.41, 5.74) is -1.64. The van der Waals surface area contributed by atoms with Crippen molar-refractivity contribution in [3.63, 3.8) is 0 Å². The van der Waals surface area contributed by atoms with E-state index in [1.54, 1.807) is 18.2 Å². The average molecular weight is 837 g/mol. The van der Waals surface area contributed by atoms with E-state index < -0.39 is 86.5 Å². The van der Waals surface area contributed by atoms with Crippen LogP contribution in [0.3, 0.4) is 0 Å². The number of hydrogen-bond acceptors (Lipinski definition) is 11. The largest absolute Gasteiger partial charge is 0.497 e. The van der Waals surface area contributed by atoms with Crippen LogP contribution in [0, 0.1) is 34.9 Å². The lowest BCUT2D eigenvalue weighted by atomic mass is 9.80. The van der Waals surface area contributed by atoms with Crippen LogP contribution in [-0.2, 0) is 24.4 Å². The van der Waals surface area contributed by atoms with E-state index in [2.05, 4.69) is 14.7 Å². The molecule has 13 nitrogen and oxygen atoms in total. The summed E-state index contributed by atoms with van der Waals surface area (Å²) in [7, 11) is -1.33. The molecule has 1 saturated heterocycles. The molecule has 2 amide bonds. The molecule has 2 saturated carbocycles. The average Bonchev–Trinajstić information content (AvgIpc) is 4.12. The summed E-state index contributed by atoms with van der Waals surface area (Å²) in [5, 5.41) is 1.24. The van der Waals surface area contributed by atoms with Crippen LogP contribution in [0.5, 0.6) is 17.4 Å². The molecule has 0 spiro atoms. The standard InChI is InChI=1S/C43H50F2N4O9S/c1-25-7-5-6-8-27-19-43(27,41(53)48-59(54,55)42(24-44)12-13-42)20-37(51)35-17-29(58-39-30-10-9-28(56-3)16-33(30)38(57-4)22-47-39)23-49(35)40(52)32(26(2)15-25)18-36(50)31-11-14-46-21-34(31)45/h6,8-11,14,16,21-22,25-27,29,32,35H,5,7,12-13,15,17-20,23-24H2,1-4H3,(H,48,53)/b8-6-/t25-,26-,27-,29-,32+,35+,43-/m1/s1. The van der Waals surface area contributed by atoms with Crippen molar-refractivity contribution >= 4 is 44.2 Å². The van der Waals surface area contributed by atoms with Gasteiger partial charge in [-0.1, -0.05) is 26.0 Å². The fourth-order valence-corrected chi connectivity index (χ4v) is 10.3. The Morgan fingerprint density at radius 2 is 1.83 bits per heavy atom. The summed E-state index contributed by atoms with van der Waals surface area (Å²) < 4.78 is 73.2. The lowest BCUT2D eigenvalue weighted by molar-refractivity contribution is -0.143. The number of ether oxygens (including phenoxy) is 3. The van der Waals surface area contributed by atoms with Gasteiger partial charge in [0, 0.05) is 42.1 Å². The van der Waals surface area contributed by atoms with Crippen molar-refractivity contribution in [3.05, 3.63) is 66.4 Å². The number of fused-ring (bicyclic) bond motifs is 3. The number of nitrogens with one attached hydrogen (secondary N) is 1. The van der Waals surface area contributed by atoms with E-state index in [1.165, 1.54) is 37.6 Å². The van der Waals surface area contributed by atoms with Crippen LogP contribution < -0.4 is 18.9 Å². The van der Waals surface area contributed by atoms with Gasteiger partial charge in [-0.3, -0.25) is 28.9 Å². The monoisotopic (exact) mass is 836 g/mol. The molecule has 59 heavy (non-hydrogen) atoms. The molecule has 316 valence electrons. The molecule has 3 fully saturated rings. The number of halogens is 2. The van der Waals surface area contributed by atoms with Crippen LogP contribution in [0.1, 0.15) is 82.0 Å². The second kappa shape index (κ2) is 16.6. The number of carbonyl (C=O) groups is 4. The van der Waals surface area contributed by atoms with E-state index in [9.17, 15) is 36.4 Å².